The van der Waals surface area contributed by atoms with Crippen molar-refractivity contribution >= 4 is 11.5 Å². The number of esters is 1. The second-order valence-corrected chi connectivity index (χ2v) is 5.82. The first-order chi connectivity index (χ1) is 12.9. The first kappa shape index (κ1) is 20.4. The van der Waals surface area contributed by atoms with E-state index in [4.69, 9.17) is 24.7 Å². The van der Waals surface area contributed by atoms with E-state index in [0.29, 0.717) is 45.3 Å². The van der Waals surface area contributed by atoms with Crippen molar-refractivity contribution in [1.29, 1.82) is 0 Å². The monoisotopic (exact) mass is 374 g/mol. The van der Waals surface area contributed by atoms with E-state index in [1.165, 1.54) is 7.11 Å². The normalized spacial score (nSPS) is 10.4. The molecular weight excluding hydrogens is 348 g/mol. The van der Waals surface area contributed by atoms with Gasteiger partial charge in [-0.05, 0) is 31.6 Å². The molecule has 7 heteroatoms. The summed E-state index contributed by atoms with van der Waals surface area (Å²) in [7, 11) is 4.63. The number of hydrogen-bond donors (Lipinski definition) is 2. The van der Waals surface area contributed by atoms with Gasteiger partial charge in [-0.1, -0.05) is 6.58 Å². The molecule has 0 aliphatic rings. The van der Waals surface area contributed by atoms with Crippen LogP contribution < -0.4 is 19.9 Å². The maximum atomic E-state index is 12.4. The molecule has 2 aromatic rings. The number of benzene rings is 1. The van der Waals surface area contributed by atoms with Crippen molar-refractivity contribution in [3.63, 3.8) is 0 Å². The summed E-state index contributed by atoms with van der Waals surface area (Å²) < 4.78 is 21.6. The minimum absolute atomic E-state index is 0.187. The Morgan fingerprint density at radius 2 is 1.81 bits per heavy atom. The molecule has 27 heavy (non-hydrogen) atoms. The SMILES string of the molecule is C=C(C)c1c(C(=O)OCC)[nH]c(CN)c1-c1ccc(OC)c(OC)c1OC. The molecule has 0 unspecified atom stereocenters. The van der Waals surface area contributed by atoms with Crippen LogP contribution in [0.4, 0.5) is 0 Å². The summed E-state index contributed by atoms with van der Waals surface area (Å²) >= 11 is 0. The van der Waals surface area contributed by atoms with E-state index in [1.54, 1.807) is 27.2 Å². The number of methoxy groups -OCH3 is 3. The second kappa shape index (κ2) is 8.64. The lowest BCUT2D eigenvalue weighted by Gasteiger charge is -2.17. The number of carbonyl (C=O) groups is 1. The quantitative estimate of drug-likeness (QED) is 0.688. The Hall–Kier alpha value is -2.93. The molecule has 0 aliphatic carbocycles. The Kier molecular flexibility index (Phi) is 6.52. The van der Waals surface area contributed by atoms with Crippen molar-refractivity contribution in [2.24, 2.45) is 5.73 Å². The van der Waals surface area contributed by atoms with E-state index in [2.05, 4.69) is 11.6 Å². The van der Waals surface area contributed by atoms with E-state index in [9.17, 15) is 4.79 Å². The van der Waals surface area contributed by atoms with Crippen molar-refractivity contribution in [1.82, 2.24) is 4.98 Å². The predicted octanol–water partition coefficient (Wildman–Crippen LogP) is 3.38. The fourth-order valence-electron chi connectivity index (χ4n) is 3.08. The Morgan fingerprint density at radius 1 is 1.15 bits per heavy atom. The van der Waals surface area contributed by atoms with Crippen LogP contribution >= 0.6 is 0 Å². The van der Waals surface area contributed by atoms with Gasteiger partial charge in [0.25, 0.3) is 0 Å². The molecule has 0 saturated carbocycles. The summed E-state index contributed by atoms with van der Waals surface area (Å²) in [5.41, 5.74) is 9.71. The van der Waals surface area contributed by atoms with Gasteiger partial charge in [0.1, 0.15) is 5.69 Å². The fraction of sp³-hybridized carbons (Fsp3) is 0.350. The summed E-state index contributed by atoms with van der Waals surface area (Å²) in [6.45, 7) is 8.06. The van der Waals surface area contributed by atoms with Gasteiger partial charge < -0.3 is 29.7 Å². The van der Waals surface area contributed by atoms with Gasteiger partial charge in [-0.3, -0.25) is 0 Å². The van der Waals surface area contributed by atoms with Crippen molar-refractivity contribution < 1.29 is 23.7 Å². The molecule has 3 N–H and O–H groups in total. The molecule has 1 aromatic carbocycles. The highest BCUT2D eigenvalue weighted by Crippen LogP contribution is 2.47. The van der Waals surface area contributed by atoms with Crippen LogP contribution in [0.2, 0.25) is 0 Å². The van der Waals surface area contributed by atoms with Gasteiger partial charge in [0.05, 0.1) is 27.9 Å². The molecule has 0 aliphatic heterocycles. The van der Waals surface area contributed by atoms with Crippen molar-refractivity contribution in [2.75, 3.05) is 27.9 Å². The molecular formula is C20H26N2O5. The lowest BCUT2D eigenvalue weighted by molar-refractivity contribution is 0.0519. The van der Waals surface area contributed by atoms with Crippen LogP contribution in [0, 0.1) is 0 Å². The first-order valence-electron chi connectivity index (χ1n) is 8.52. The molecule has 0 fully saturated rings. The molecule has 7 nitrogen and oxygen atoms in total. The van der Waals surface area contributed by atoms with Gasteiger partial charge in [-0.25, -0.2) is 4.79 Å². The summed E-state index contributed by atoms with van der Waals surface area (Å²) in [5, 5.41) is 0. The standard InChI is InChI=1S/C20H26N2O5/c1-7-27-20(23)17-15(11(2)3)16(13(10-21)22-17)12-8-9-14(24-4)19(26-6)18(12)25-5/h8-9,22H,2,7,10,21H2,1,3-6H3. The number of nitrogens with one attached hydrogen (secondary N) is 1. The molecule has 0 atom stereocenters. The minimum Gasteiger partial charge on any atom is -0.493 e. The number of hydrogen-bond acceptors (Lipinski definition) is 6. The van der Waals surface area contributed by atoms with Crippen LogP contribution in [0.15, 0.2) is 18.7 Å². The third kappa shape index (κ3) is 3.64. The minimum atomic E-state index is -0.462. The van der Waals surface area contributed by atoms with E-state index >= 15 is 0 Å². The third-order valence-corrected chi connectivity index (χ3v) is 4.16. The highest BCUT2D eigenvalue weighted by molar-refractivity contribution is 6.00. The van der Waals surface area contributed by atoms with Crippen molar-refractivity contribution in [2.45, 2.75) is 20.4 Å². The lowest BCUT2D eigenvalue weighted by atomic mass is 9.94. The Morgan fingerprint density at radius 3 is 2.30 bits per heavy atom. The Bertz CT molecular complexity index is 855. The van der Waals surface area contributed by atoms with Crippen LogP contribution in [0.1, 0.15) is 35.6 Å². The van der Waals surface area contributed by atoms with Crippen LogP contribution in [0.3, 0.4) is 0 Å². The fourth-order valence-corrected chi connectivity index (χ4v) is 3.08. The van der Waals surface area contributed by atoms with E-state index in [0.717, 1.165) is 5.56 Å². The molecule has 0 spiro atoms. The molecule has 1 heterocycles. The maximum absolute atomic E-state index is 12.4. The summed E-state index contributed by atoms with van der Waals surface area (Å²) in [4.78, 5) is 15.5. The average molecular weight is 374 g/mol. The van der Waals surface area contributed by atoms with Gasteiger partial charge in [0.2, 0.25) is 5.75 Å². The van der Waals surface area contributed by atoms with E-state index in [1.807, 2.05) is 13.0 Å². The zero-order valence-corrected chi connectivity index (χ0v) is 16.4. The van der Waals surface area contributed by atoms with Crippen molar-refractivity contribution in [3.8, 4) is 28.4 Å². The smallest absolute Gasteiger partial charge is 0.355 e. The molecule has 0 radical (unpaired) electrons. The molecule has 0 saturated heterocycles. The van der Waals surface area contributed by atoms with Gasteiger partial charge in [-0.2, -0.15) is 0 Å². The average Bonchev–Trinajstić information content (AvgIpc) is 3.06. The molecule has 0 amide bonds. The van der Waals surface area contributed by atoms with E-state index < -0.39 is 5.97 Å². The summed E-state index contributed by atoms with van der Waals surface area (Å²) in [6, 6.07) is 3.61. The number of aromatic amines is 1. The van der Waals surface area contributed by atoms with Crippen LogP contribution in [0.25, 0.3) is 16.7 Å². The zero-order chi connectivity index (χ0) is 20.1. The second-order valence-electron chi connectivity index (χ2n) is 5.82. The Balaban J connectivity index is 2.86. The predicted molar refractivity (Wildman–Crippen MR) is 104 cm³/mol. The van der Waals surface area contributed by atoms with Gasteiger partial charge in [0.15, 0.2) is 11.5 Å². The van der Waals surface area contributed by atoms with Crippen LogP contribution in [-0.4, -0.2) is 38.9 Å². The van der Waals surface area contributed by atoms with Crippen LogP contribution in [0.5, 0.6) is 17.2 Å². The summed E-state index contributed by atoms with van der Waals surface area (Å²) in [5.74, 6) is 0.997. The number of ether oxygens (including phenoxy) is 4. The Labute approximate surface area is 159 Å². The largest absolute Gasteiger partial charge is 0.493 e. The topological polar surface area (TPSA) is 95.8 Å². The molecule has 0 bridgehead atoms. The zero-order valence-electron chi connectivity index (χ0n) is 16.4. The number of allylic oxidation sites excluding steroid dienone is 1. The number of aromatic nitrogens is 1. The lowest BCUT2D eigenvalue weighted by Crippen LogP contribution is -2.07. The third-order valence-electron chi connectivity index (χ3n) is 4.16. The number of carbonyl (C=O) groups excluding carboxylic acids is 1. The maximum Gasteiger partial charge on any atom is 0.355 e. The summed E-state index contributed by atoms with van der Waals surface area (Å²) in [6.07, 6.45) is 0. The van der Waals surface area contributed by atoms with Gasteiger partial charge in [-0.15, -0.1) is 0 Å². The van der Waals surface area contributed by atoms with Crippen molar-refractivity contribution in [3.05, 3.63) is 35.7 Å². The highest BCUT2D eigenvalue weighted by Gasteiger charge is 2.27. The molecule has 2 rings (SSSR count). The number of rotatable bonds is 8. The number of nitrogens with two attached hydrogens (primary N) is 1. The molecule has 1 aromatic heterocycles. The van der Waals surface area contributed by atoms with Gasteiger partial charge >= 0.3 is 5.97 Å². The van der Waals surface area contributed by atoms with E-state index in [-0.39, 0.29) is 13.2 Å². The number of H-pyrrole nitrogens is 1. The highest BCUT2D eigenvalue weighted by atomic mass is 16.5. The first-order valence-corrected chi connectivity index (χ1v) is 8.52. The molecule has 146 valence electrons. The van der Waals surface area contributed by atoms with Crippen LogP contribution in [-0.2, 0) is 11.3 Å². The van der Waals surface area contributed by atoms with Gasteiger partial charge in [0, 0.05) is 28.9 Å².